The first-order valence-electron chi connectivity index (χ1n) is 17.1. The number of rotatable bonds is 4. The van der Waals surface area contributed by atoms with Gasteiger partial charge in [-0.2, -0.15) is 0 Å². The molecule has 0 fully saturated rings. The number of hydrogen-bond donors (Lipinski definition) is 0. The van der Waals surface area contributed by atoms with Crippen LogP contribution in [0.1, 0.15) is 0 Å². The fourth-order valence-electron chi connectivity index (χ4n) is 7.65. The van der Waals surface area contributed by atoms with E-state index in [2.05, 4.69) is 193 Å². The van der Waals surface area contributed by atoms with Gasteiger partial charge in [0.1, 0.15) is 0 Å². The summed E-state index contributed by atoms with van der Waals surface area (Å²) in [4.78, 5) is 4.96. The fraction of sp³-hybridized carbons (Fsp3) is 0. The van der Waals surface area contributed by atoms with E-state index in [4.69, 9.17) is 0 Å². The molecule has 0 saturated carbocycles. The number of benzene rings is 9. The van der Waals surface area contributed by atoms with Crippen LogP contribution in [0.25, 0.3) is 65.7 Å². The molecule has 234 valence electrons. The number of fused-ring (bicyclic) bond motifs is 8. The SMILES string of the molecule is c1ccc(-c2cccc(-c3cc(-c4ccc5c6ccccc6c6ccccc6c5c4)cc(N4c5ccccc5Sc5ccccc54)c3)c2)cc1. The minimum atomic E-state index is 1.14. The molecule has 0 aliphatic carbocycles. The van der Waals surface area contributed by atoms with Crippen molar-refractivity contribution in [2.45, 2.75) is 9.79 Å². The van der Waals surface area contributed by atoms with E-state index in [1.165, 1.54) is 86.9 Å². The zero-order valence-corrected chi connectivity index (χ0v) is 28.1. The predicted octanol–water partition coefficient (Wildman–Crippen LogP) is 14.1. The molecule has 1 nitrogen and oxygen atoms in total. The van der Waals surface area contributed by atoms with Crippen LogP contribution < -0.4 is 4.90 Å². The Morgan fingerprint density at radius 1 is 0.280 bits per heavy atom. The Bertz CT molecular complexity index is 2670. The second kappa shape index (κ2) is 11.8. The predicted molar refractivity (Wildman–Crippen MR) is 214 cm³/mol. The quantitative estimate of drug-likeness (QED) is 0.174. The lowest BCUT2D eigenvalue weighted by atomic mass is 9.91. The Balaban J connectivity index is 1.23. The third-order valence-electron chi connectivity index (χ3n) is 9.99. The molecule has 9 aromatic carbocycles. The first kappa shape index (κ1) is 28.9. The summed E-state index contributed by atoms with van der Waals surface area (Å²) in [6, 6.07) is 68.9. The molecule has 10 rings (SSSR count). The smallest absolute Gasteiger partial charge is 0.0601 e. The molecule has 0 N–H and O–H groups in total. The summed E-state index contributed by atoms with van der Waals surface area (Å²) in [7, 11) is 0. The molecule has 0 aromatic heterocycles. The highest BCUT2D eigenvalue weighted by atomic mass is 32.2. The Labute approximate surface area is 296 Å². The van der Waals surface area contributed by atoms with Crippen LogP contribution in [0, 0.1) is 0 Å². The lowest BCUT2D eigenvalue weighted by molar-refractivity contribution is 1.17. The molecule has 0 amide bonds. The molecule has 1 aliphatic rings. The molecule has 1 heterocycles. The monoisotopic (exact) mass is 653 g/mol. The molecular formula is C48H31NS. The Morgan fingerprint density at radius 2 is 0.720 bits per heavy atom. The number of anilines is 3. The first-order valence-corrected chi connectivity index (χ1v) is 17.9. The zero-order valence-electron chi connectivity index (χ0n) is 27.3. The minimum Gasteiger partial charge on any atom is -0.308 e. The molecule has 50 heavy (non-hydrogen) atoms. The summed E-state index contributed by atoms with van der Waals surface area (Å²) in [5.74, 6) is 0. The van der Waals surface area contributed by atoms with Gasteiger partial charge >= 0.3 is 0 Å². The topological polar surface area (TPSA) is 3.24 Å². The third kappa shape index (κ3) is 4.80. The summed E-state index contributed by atoms with van der Waals surface area (Å²) >= 11 is 1.84. The Hall–Kier alpha value is -6.09. The summed E-state index contributed by atoms with van der Waals surface area (Å²) in [5.41, 5.74) is 10.8. The van der Waals surface area contributed by atoms with Gasteiger partial charge < -0.3 is 4.90 Å². The van der Waals surface area contributed by atoms with Crippen LogP contribution in [0.2, 0.25) is 0 Å². The van der Waals surface area contributed by atoms with E-state index in [1.54, 1.807) is 0 Å². The average Bonchev–Trinajstić information content (AvgIpc) is 3.20. The van der Waals surface area contributed by atoms with E-state index in [-0.39, 0.29) is 0 Å². The van der Waals surface area contributed by atoms with Gasteiger partial charge in [0.25, 0.3) is 0 Å². The van der Waals surface area contributed by atoms with Crippen molar-refractivity contribution < 1.29 is 0 Å². The lowest BCUT2D eigenvalue weighted by Crippen LogP contribution is -2.14. The van der Waals surface area contributed by atoms with E-state index in [0.717, 1.165) is 5.69 Å². The van der Waals surface area contributed by atoms with Crippen molar-refractivity contribution >= 4 is 61.1 Å². The standard InChI is InChI=1S/C48H31NS/c1-2-13-32(14-3-1)33-15-12-16-34(27-33)36-28-37(30-38(29-36)49-45-21-8-10-23-47(45)50-48-24-11-9-22-46(48)49)35-25-26-43-41-19-5-4-17-39(41)40-18-6-7-20-42(40)44(43)31-35/h1-31H. The molecule has 0 saturated heterocycles. The van der Waals surface area contributed by atoms with Crippen LogP contribution in [0.5, 0.6) is 0 Å². The van der Waals surface area contributed by atoms with Gasteiger partial charge in [0, 0.05) is 15.5 Å². The van der Waals surface area contributed by atoms with Crippen molar-refractivity contribution in [3.05, 3.63) is 188 Å². The molecule has 0 radical (unpaired) electrons. The second-order valence-corrected chi connectivity index (χ2v) is 14.0. The normalized spacial score (nSPS) is 12.3. The molecule has 0 unspecified atom stereocenters. The summed E-state index contributed by atoms with van der Waals surface area (Å²) in [6.07, 6.45) is 0. The van der Waals surface area contributed by atoms with E-state index in [0.29, 0.717) is 0 Å². The minimum absolute atomic E-state index is 1.14. The molecular weight excluding hydrogens is 623 g/mol. The molecule has 9 aromatic rings. The largest absolute Gasteiger partial charge is 0.308 e. The number of para-hydroxylation sites is 2. The third-order valence-corrected chi connectivity index (χ3v) is 11.1. The van der Waals surface area contributed by atoms with Gasteiger partial charge in [-0.25, -0.2) is 0 Å². The van der Waals surface area contributed by atoms with Crippen molar-refractivity contribution in [1.29, 1.82) is 0 Å². The molecule has 0 bridgehead atoms. The number of hydrogen-bond acceptors (Lipinski definition) is 2. The highest BCUT2D eigenvalue weighted by Crippen LogP contribution is 2.52. The molecule has 0 spiro atoms. The van der Waals surface area contributed by atoms with Gasteiger partial charge in [-0.15, -0.1) is 0 Å². The van der Waals surface area contributed by atoms with Crippen molar-refractivity contribution in [3.8, 4) is 33.4 Å². The zero-order chi connectivity index (χ0) is 33.0. The van der Waals surface area contributed by atoms with Crippen molar-refractivity contribution in [2.24, 2.45) is 0 Å². The van der Waals surface area contributed by atoms with Crippen LogP contribution >= 0.6 is 11.8 Å². The van der Waals surface area contributed by atoms with Crippen LogP contribution in [0.15, 0.2) is 198 Å². The lowest BCUT2D eigenvalue weighted by Gasteiger charge is -2.33. The summed E-state index contributed by atoms with van der Waals surface area (Å²) in [6.45, 7) is 0. The van der Waals surface area contributed by atoms with Gasteiger partial charge in [0.2, 0.25) is 0 Å². The van der Waals surface area contributed by atoms with E-state index in [1.807, 2.05) is 11.8 Å². The van der Waals surface area contributed by atoms with Crippen LogP contribution in [-0.4, -0.2) is 0 Å². The average molecular weight is 654 g/mol. The van der Waals surface area contributed by atoms with E-state index in [9.17, 15) is 0 Å². The Kier molecular flexibility index (Phi) is 6.82. The van der Waals surface area contributed by atoms with Gasteiger partial charge in [-0.05, 0) is 120 Å². The Morgan fingerprint density at radius 3 is 1.34 bits per heavy atom. The highest BCUT2D eigenvalue weighted by Gasteiger charge is 2.25. The van der Waals surface area contributed by atoms with Crippen molar-refractivity contribution in [2.75, 3.05) is 4.90 Å². The highest BCUT2D eigenvalue weighted by molar-refractivity contribution is 7.99. The second-order valence-electron chi connectivity index (χ2n) is 12.9. The van der Waals surface area contributed by atoms with Gasteiger partial charge in [-0.3, -0.25) is 0 Å². The van der Waals surface area contributed by atoms with Crippen molar-refractivity contribution in [1.82, 2.24) is 0 Å². The molecule has 1 aliphatic heterocycles. The van der Waals surface area contributed by atoms with Crippen LogP contribution in [0.4, 0.5) is 17.1 Å². The van der Waals surface area contributed by atoms with Crippen LogP contribution in [-0.2, 0) is 0 Å². The fourth-order valence-corrected chi connectivity index (χ4v) is 8.71. The number of nitrogens with zero attached hydrogens (tertiary/aromatic N) is 1. The maximum absolute atomic E-state index is 2.44. The summed E-state index contributed by atoms with van der Waals surface area (Å²) in [5, 5.41) is 7.72. The van der Waals surface area contributed by atoms with Gasteiger partial charge in [0.05, 0.1) is 11.4 Å². The van der Waals surface area contributed by atoms with Gasteiger partial charge in [-0.1, -0.05) is 145 Å². The molecule has 2 heteroatoms. The van der Waals surface area contributed by atoms with Crippen LogP contribution in [0.3, 0.4) is 0 Å². The summed E-state index contributed by atoms with van der Waals surface area (Å²) < 4.78 is 0. The molecule has 0 atom stereocenters. The van der Waals surface area contributed by atoms with E-state index < -0.39 is 0 Å². The van der Waals surface area contributed by atoms with E-state index >= 15 is 0 Å². The maximum atomic E-state index is 2.44. The van der Waals surface area contributed by atoms with Gasteiger partial charge in [0.15, 0.2) is 0 Å². The maximum Gasteiger partial charge on any atom is 0.0601 e. The first-order chi connectivity index (χ1) is 24.8. The van der Waals surface area contributed by atoms with Crippen molar-refractivity contribution in [3.63, 3.8) is 0 Å².